The molecule has 1 N–H and O–H groups in total. The predicted octanol–water partition coefficient (Wildman–Crippen LogP) is 3.16. The summed E-state index contributed by atoms with van der Waals surface area (Å²) >= 11 is 0. The highest BCUT2D eigenvalue weighted by molar-refractivity contribution is 7.92. The number of nitrogens with zero attached hydrogens (tertiary/aromatic N) is 1. The summed E-state index contributed by atoms with van der Waals surface area (Å²) in [6, 6.07) is 5.53. The fourth-order valence-electron chi connectivity index (χ4n) is 3.65. The lowest BCUT2D eigenvalue weighted by atomic mass is 9.96. The van der Waals surface area contributed by atoms with Gasteiger partial charge in [-0.3, -0.25) is 9.52 Å². The molecular formula is C18H16F2N2O3S. The Bertz CT molecular complexity index is 1040. The number of nitrogens with one attached hydrogen (secondary N) is 1. The van der Waals surface area contributed by atoms with Crippen LogP contribution in [0.2, 0.25) is 0 Å². The van der Waals surface area contributed by atoms with Gasteiger partial charge in [-0.2, -0.15) is 0 Å². The van der Waals surface area contributed by atoms with Gasteiger partial charge in [0.2, 0.25) is 5.91 Å². The minimum Gasteiger partial charge on any atom is -0.311 e. The van der Waals surface area contributed by atoms with E-state index >= 15 is 0 Å². The average molecular weight is 378 g/mol. The molecule has 2 aliphatic heterocycles. The summed E-state index contributed by atoms with van der Waals surface area (Å²) in [4.78, 5) is 13.4. The smallest absolute Gasteiger partial charge is 0.264 e. The fraction of sp³-hybridized carbons (Fsp3) is 0.278. The zero-order chi connectivity index (χ0) is 18.6. The van der Waals surface area contributed by atoms with E-state index < -0.39 is 26.6 Å². The van der Waals surface area contributed by atoms with Crippen LogP contribution in [-0.2, 0) is 21.2 Å². The summed E-state index contributed by atoms with van der Waals surface area (Å²) in [7, 11) is -4.30. The van der Waals surface area contributed by atoms with Gasteiger partial charge in [0.25, 0.3) is 10.0 Å². The van der Waals surface area contributed by atoms with Gasteiger partial charge in [0.05, 0.1) is 11.6 Å². The maximum atomic E-state index is 13.9. The molecule has 8 heteroatoms. The summed E-state index contributed by atoms with van der Waals surface area (Å²) in [5.41, 5.74) is 2.73. The lowest BCUT2D eigenvalue weighted by molar-refractivity contribution is -0.119. The Balaban J connectivity index is 1.77. The van der Waals surface area contributed by atoms with Crippen LogP contribution in [0.3, 0.4) is 0 Å². The molecule has 1 atom stereocenters. The minimum atomic E-state index is -4.30. The first kappa shape index (κ1) is 17.0. The standard InChI is InChI=1S/C18H16F2N2O3S/c1-10-14-9-13(7-11-3-2-6-22(17(11)14)18(10)23)21-26(24,25)16-8-12(19)4-5-15(16)20/h4-5,7-10,21H,2-3,6H2,1H3. The molecule has 2 heterocycles. The van der Waals surface area contributed by atoms with Crippen LogP contribution in [0.25, 0.3) is 0 Å². The Morgan fingerprint density at radius 3 is 2.73 bits per heavy atom. The number of amides is 1. The van der Waals surface area contributed by atoms with Crippen molar-refractivity contribution in [2.45, 2.75) is 30.6 Å². The van der Waals surface area contributed by atoms with E-state index in [1.165, 1.54) is 0 Å². The largest absolute Gasteiger partial charge is 0.311 e. The van der Waals surface area contributed by atoms with Crippen molar-refractivity contribution in [3.8, 4) is 0 Å². The number of rotatable bonds is 3. The van der Waals surface area contributed by atoms with Gasteiger partial charge in [0.15, 0.2) is 0 Å². The zero-order valence-electron chi connectivity index (χ0n) is 13.9. The monoisotopic (exact) mass is 378 g/mol. The maximum absolute atomic E-state index is 13.9. The molecule has 0 bridgehead atoms. The third-order valence-electron chi connectivity index (χ3n) is 4.85. The molecule has 26 heavy (non-hydrogen) atoms. The molecule has 0 saturated carbocycles. The van der Waals surface area contributed by atoms with E-state index in [1.54, 1.807) is 24.0 Å². The van der Waals surface area contributed by atoms with Gasteiger partial charge in [-0.1, -0.05) is 0 Å². The molecule has 2 aliphatic rings. The summed E-state index contributed by atoms with van der Waals surface area (Å²) in [6.07, 6.45) is 1.52. The van der Waals surface area contributed by atoms with Crippen molar-refractivity contribution in [2.75, 3.05) is 16.2 Å². The van der Waals surface area contributed by atoms with Gasteiger partial charge in [0, 0.05) is 12.2 Å². The highest BCUT2D eigenvalue weighted by Crippen LogP contribution is 2.44. The number of anilines is 2. The van der Waals surface area contributed by atoms with E-state index in [2.05, 4.69) is 4.72 Å². The normalized spacial score (nSPS) is 18.8. The molecule has 0 spiro atoms. The highest BCUT2D eigenvalue weighted by Gasteiger charge is 2.38. The molecule has 0 aromatic heterocycles. The van der Waals surface area contributed by atoms with Gasteiger partial charge in [0.1, 0.15) is 16.5 Å². The second kappa shape index (κ2) is 5.77. The van der Waals surface area contributed by atoms with Crippen molar-refractivity contribution in [1.82, 2.24) is 0 Å². The molecule has 0 fully saturated rings. The molecule has 1 amide bonds. The molecular weight excluding hydrogens is 362 g/mol. The molecule has 0 radical (unpaired) electrons. The number of halogens is 2. The number of carbonyl (C=O) groups is 1. The number of aryl methyl sites for hydroxylation is 1. The Labute approximate surface area is 149 Å². The van der Waals surface area contributed by atoms with Crippen molar-refractivity contribution in [1.29, 1.82) is 0 Å². The van der Waals surface area contributed by atoms with E-state index in [0.717, 1.165) is 41.8 Å². The predicted molar refractivity (Wildman–Crippen MR) is 92.7 cm³/mol. The summed E-state index contributed by atoms with van der Waals surface area (Å²) in [6.45, 7) is 2.43. The molecule has 2 aromatic carbocycles. The van der Waals surface area contributed by atoms with Gasteiger partial charge >= 0.3 is 0 Å². The lowest BCUT2D eigenvalue weighted by Gasteiger charge is -2.26. The van der Waals surface area contributed by atoms with Crippen LogP contribution in [0.15, 0.2) is 35.2 Å². The Kier molecular flexibility index (Phi) is 3.76. The van der Waals surface area contributed by atoms with E-state index in [0.29, 0.717) is 12.6 Å². The van der Waals surface area contributed by atoms with Crippen molar-refractivity contribution in [3.63, 3.8) is 0 Å². The molecule has 4 rings (SSSR count). The number of hydrogen-bond donors (Lipinski definition) is 1. The summed E-state index contributed by atoms with van der Waals surface area (Å²) in [5, 5.41) is 0. The second-order valence-electron chi connectivity index (χ2n) is 6.57. The fourth-order valence-corrected chi connectivity index (χ4v) is 4.78. The molecule has 5 nitrogen and oxygen atoms in total. The van der Waals surface area contributed by atoms with Crippen LogP contribution in [0.5, 0.6) is 0 Å². The minimum absolute atomic E-state index is 0.00266. The lowest BCUT2D eigenvalue weighted by Crippen LogP contribution is -2.32. The number of sulfonamides is 1. The first-order chi connectivity index (χ1) is 12.3. The molecule has 0 aliphatic carbocycles. The Hall–Kier alpha value is -2.48. The van der Waals surface area contributed by atoms with Crippen molar-refractivity contribution in [3.05, 3.63) is 53.1 Å². The van der Waals surface area contributed by atoms with Crippen LogP contribution < -0.4 is 9.62 Å². The highest BCUT2D eigenvalue weighted by atomic mass is 32.2. The molecule has 2 aromatic rings. The van der Waals surface area contributed by atoms with Crippen molar-refractivity contribution < 1.29 is 22.0 Å². The Morgan fingerprint density at radius 2 is 1.96 bits per heavy atom. The van der Waals surface area contributed by atoms with Crippen LogP contribution >= 0.6 is 0 Å². The Morgan fingerprint density at radius 1 is 1.19 bits per heavy atom. The molecule has 136 valence electrons. The van der Waals surface area contributed by atoms with Crippen LogP contribution in [0.4, 0.5) is 20.2 Å². The number of benzene rings is 2. The van der Waals surface area contributed by atoms with Crippen molar-refractivity contribution >= 4 is 27.3 Å². The number of hydrogen-bond acceptors (Lipinski definition) is 3. The van der Waals surface area contributed by atoms with Gasteiger partial charge < -0.3 is 4.90 Å². The zero-order valence-corrected chi connectivity index (χ0v) is 14.7. The topological polar surface area (TPSA) is 66.5 Å². The third-order valence-corrected chi connectivity index (χ3v) is 6.25. The van der Waals surface area contributed by atoms with Crippen LogP contribution in [-0.4, -0.2) is 20.9 Å². The van der Waals surface area contributed by atoms with E-state index in [9.17, 15) is 22.0 Å². The maximum Gasteiger partial charge on any atom is 0.264 e. The molecule has 0 saturated heterocycles. The molecule has 1 unspecified atom stereocenters. The van der Waals surface area contributed by atoms with Crippen LogP contribution in [0.1, 0.15) is 30.4 Å². The van der Waals surface area contributed by atoms with Crippen LogP contribution in [0, 0.1) is 11.6 Å². The summed E-state index contributed by atoms with van der Waals surface area (Å²) in [5.74, 6) is -2.24. The number of carbonyl (C=O) groups excluding carboxylic acids is 1. The SMILES string of the molecule is CC1C(=O)N2CCCc3cc(NS(=O)(=O)c4cc(F)ccc4F)cc1c32. The summed E-state index contributed by atoms with van der Waals surface area (Å²) < 4.78 is 54.6. The van der Waals surface area contributed by atoms with E-state index in [-0.39, 0.29) is 17.5 Å². The first-order valence-corrected chi connectivity index (χ1v) is 9.72. The van der Waals surface area contributed by atoms with E-state index in [1.807, 2.05) is 0 Å². The van der Waals surface area contributed by atoms with Gasteiger partial charge in [-0.05, 0) is 61.2 Å². The van der Waals surface area contributed by atoms with Gasteiger partial charge in [-0.25, -0.2) is 17.2 Å². The third kappa shape index (κ3) is 2.56. The first-order valence-electron chi connectivity index (χ1n) is 8.24. The van der Waals surface area contributed by atoms with E-state index in [4.69, 9.17) is 0 Å². The van der Waals surface area contributed by atoms with Gasteiger partial charge in [-0.15, -0.1) is 0 Å². The second-order valence-corrected chi connectivity index (χ2v) is 8.22. The average Bonchev–Trinajstić information content (AvgIpc) is 2.83. The quantitative estimate of drug-likeness (QED) is 0.892. The van der Waals surface area contributed by atoms with Crippen molar-refractivity contribution in [2.24, 2.45) is 0 Å².